The molecule has 3 nitrogen and oxygen atoms in total. The van der Waals surface area contributed by atoms with Gasteiger partial charge in [0.15, 0.2) is 9.84 Å². The largest absolute Gasteiger partial charge is 0.313 e. The van der Waals surface area contributed by atoms with Crippen LogP contribution >= 0.6 is 27.3 Å². The molecule has 0 aliphatic carbocycles. The highest BCUT2D eigenvalue weighted by atomic mass is 79.9. The topological polar surface area (TPSA) is 46.2 Å². The summed E-state index contributed by atoms with van der Waals surface area (Å²) in [5, 5.41) is 3.31. The maximum absolute atomic E-state index is 11.2. The summed E-state index contributed by atoms with van der Waals surface area (Å²) in [4.78, 5) is 1.32. The smallest absolute Gasteiger partial charge is 0.151 e. The minimum Gasteiger partial charge on any atom is -0.313 e. The molecule has 1 aliphatic heterocycles. The molecule has 1 saturated heterocycles. The summed E-state index contributed by atoms with van der Waals surface area (Å²) in [6, 6.07) is 4.30. The molecule has 1 unspecified atom stereocenters. The monoisotopic (exact) mass is 323 g/mol. The molecular weight excluding hydrogens is 310 g/mol. The van der Waals surface area contributed by atoms with E-state index in [-0.39, 0.29) is 6.04 Å². The lowest BCUT2D eigenvalue weighted by atomic mass is 10.2. The molecular formula is C10H14BrNO2S2. The van der Waals surface area contributed by atoms with Crippen molar-refractivity contribution >= 4 is 37.1 Å². The molecule has 16 heavy (non-hydrogen) atoms. The van der Waals surface area contributed by atoms with E-state index in [1.807, 2.05) is 6.07 Å². The maximum Gasteiger partial charge on any atom is 0.151 e. The number of halogens is 1. The van der Waals surface area contributed by atoms with Gasteiger partial charge in [0.1, 0.15) is 0 Å². The van der Waals surface area contributed by atoms with Gasteiger partial charge in [0.2, 0.25) is 0 Å². The van der Waals surface area contributed by atoms with Crippen molar-refractivity contribution in [2.24, 2.45) is 0 Å². The predicted molar refractivity (Wildman–Crippen MR) is 70.8 cm³/mol. The van der Waals surface area contributed by atoms with Crippen LogP contribution in [-0.2, 0) is 16.3 Å². The Bertz CT molecular complexity index is 455. The molecule has 1 N–H and O–H groups in total. The quantitative estimate of drug-likeness (QED) is 0.919. The predicted octanol–water partition coefficient (Wildman–Crippen LogP) is 1.83. The maximum atomic E-state index is 11.2. The van der Waals surface area contributed by atoms with Crippen LogP contribution in [0.5, 0.6) is 0 Å². The van der Waals surface area contributed by atoms with Gasteiger partial charge in [-0.1, -0.05) is 0 Å². The van der Waals surface area contributed by atoms with E-state index in [1.165, 1.54) is 4.88 Å². The molecule has 0 spiro atoms. The molecule has 0 aromatic carbocycles. The zero-order valence-corrected chi connectivity index (χ0v) is 12.0. The Morgan fingerprint density at radius 1 is 1.50 bits per heavy atom. The van der Waals surface area contributed by atoms with E-state index in [0.717, 1.165) is 23.2 Å². The van der Waals surface area contributed by atoms with Crippen LogP contribution in [0.3, 0.4) is 0 Å². The van der Waals surface area contributed by atoms with Crippen molar-refractivity contribution in [1.29, 1.82) is 0 Å². The van der Waals surface area contributed by atoms with Gasteiger partial charge >= 0.3 is 0 Å². The summed E-state index contributed by atoms with van der Waals surface area (Å²) in [6.07, 6.45) is 1.73. The molecule has 6 heteroatoms. The zero-order valence-electron chi connectivity index (χ0n) is 8.78. The first-order valence-electron chi connectivity index (χ1n) is 5.23. The molecule has 0 bridgehead atoms. The molecule has 90 valence electrons. The normalized spacial score (nSPS) is 23.7. The van der Waals surface area contributed by atoms with Crippen LogP contribution in [0.4, 0.5) is 0 Å². The highest BCUT2D eigenvalue weighted by Crippen LogP contribution is 2.22. The summed E-state index contributed by atoms with van der Waals surface area (Å²) < 4.78 is 23.6. The van der Waals surface area contributed by atoms with Gasteiger partial charge < -0.3 is 5.32 Å². The highest BCUT2D eigenvalue weighted by molar-refractivity contribution is 9.11. The SMILES string of the molecule is O=S1(=O)CCC(NCCc2ccc(Br)s2)C1. The zero-order chi connectivity index (χ0) is 11.6. The van der Waals surface area contributed by atoms with Crippen LogP contribution in [0.15, 0.2) is 15.9 Å². The van der Waals surface area contributed by atoms with Crippen molar-refractivity contribution in [2.45, 2.75) is 18.9 Å². The second-order valence-corrected chi connectivity index (χ2v) is 8.79. The fraction of sp³-hybridized carbons (Fsp3) is 0.600. The van der Waals surface area contributed by atoms with Gasteiger partial charge in [-0.25, -0.2) is 8.42 Å². The van der Waals surface area contributed by atoms with E-state index in [2.05, 4.69) is 27.3 Å². The Morgan fingerprint density at radius 3 is 2.88 bits per heavy atom. The third kappa shape index (κ3) is 3.55. The summed E-state index contributed by atoms with van der Waals surface area (Å²) >= 11 is 5.15. The standard InChI is InChI=1S/C10H14BrNO2S2/c11-10-2-1-9(15-10)3-5-12-8-4-6-16(13,14)7-8/h1-2,8,12H,3-7H2. The second-order valence-electron chi connectivity index (χ2n) is 4.01. The minimum atomic E-state index is -2.75. The third-order valence-corrected chi connectivity index (χ3v) is 6.12. The average molecular weight is 324 g/mol. The van der Waals surface area contributed by atoms with Crippen LogP contribution < -0.4 is 5.32 Å². The first kappa shape index (κ1) is 12.5. The van der Waals surface area contributed by atoms with Crippen molar-refractivity contribution in [3.05, 3.63) is 20.8 Å². The van der Waals surface area contributed by atoms with Crippen molar-refractivity contribution in [3.63, 3.8) is 0 Å². The van der Waals surface area contributed by atoms with Crippen LogP contribution in [0.25, 0.3) is 0 Å². The van der Waals surface area contributed by atoms with Crippen molar-refractivity contribution in [3.8, 4) is 0 Å². The van der Waals surface area contributed by atoms with Gasteiger partial charge in [-0.05, 0) is 40.9 Å². The number of thiophene rings is 1. The van der Waals surface area contributed by atoms with Gasteiger partial charge in [0, 0.05) is 17.5 Å². The fourth-order valence-electron chi connectivity index (χ4n) is 1.84. The number of sulfone groups is 1. The van der Waals surface area contributed by atoms with Gasteiger partial charge in [0.05, 0.1) is 15.3 Å². The lowest BCUT2D eigenvalue weighted by Crippen LogP contribution is -2.31. The van der Waals surface area contributed by atoms with Crippen molar-refractivity contribution < 1.29 is 8.42 Å². The Labute approximate surface area is 108 Å². The van der Waals surface area contributed by atoms with Crippen molar-refractivity contribution in [2.75, 3.05) is 18.1 Å². The van der Waals surface area contributed by atoms with Crippen LogP contribution in [0, 0.1) is 0 Å². The summed E-state index contributed by atoms with van der Waals surface area (Å²) in [5.74, 6) is 0.649. The summed E-state index contributed by atoms with van der Waals surface area (Å²) in [7, 11) is -2.75. The van der Waals surface area contributed by atoms with Crippen LogP contribution in [-0.4, -0.2) is 32.5 Å². The Morgan fingerprint density at radius 2 is 2.31 bits per heavy atom. The molecule has 1 fully saturated rings. The van der Waals surface area contributed by atoms with E-state index in [9.17, 15) is 8.42 Å². The average Bonchev–Trinajstić information content (AvgIpc) is 2.73. The molecule has 1 aromatic heterocycles. The van der Waals surface area contributed by atoms with E-state index in [0.29, 0.717) is 11.5 Å². The Kier molecular flexibility index (Phi) is 4.05. The number of nitrogens with one attached hydrogen (secondary N) is 1. The first-order valence-corrected chi connectivity index (χ1v) is 8.66. The molecule has 1 aromatic rings. The van der Waals surface area contributed by atoms with E-state index < -0.39 is 9.84 Å². The first-order chi connectivity index (χ1) is 7.55. The lowest BCUT2D eigenvalue weighted by molar-refractivity contribution is 0.558. The van der Waals surface area contributed by atoms with E-state index >= 15 is 0 Å². The van der Waals surface area contributed by atoms with E-state index in [1.54, 1.807) is 11.3 Å². The Balaban J connectivity index is 1.73. The number of rotatable bonds is 4. The molecule has 2 rings (SSSR count). The minimum absolute atomic E-state index is 0.161. The molecule has 1 aliphatic rings. The van der Waals surface area contributed by atoms with Crippen LogP contribution in [0.2, 0.25) is 0 Å². The van der Waals surface area contributed by atoms with E-state index in [4.69, 9.17) is 0 Å². The molecule has 0 saturated carbocycles. The van der Waals surface area contributed by atoms with Gasteiger partial charge in [-0.3, -0.25) is 0 Å². The van der Waals surface area contributed by atoms with Gasteiger partial charge in [-0.2, -0.15) is 0 Å². The molecule has 0 radical (unpaired) electrons. The van der Waals surface area contributed by atoms with Crippen LogP contribution in [0.1, 0.15) is 11.3 Å². The van der Waals surface area contributed by atoms with Gasteiger partial charge in [0.25, 0.3) is 0 Å². The summed E-state index contributed by atoms with van der Waals surface area (Å²) in [5.41, 5.74) is 0. The third-order valence-electron chi connectivity index (χ3n) is 2.67. The Hall–Kier alpha value is 0.0900. The summed E-state index contributed by atoms with van der Waals surface area (Å²) in [6.45, 7) is 0.854. The second kappa shape index (κ2) is 5.16. The fourth-order valence-corrected chi connectivity index (χ4v) is 5.03. The lowest BCUT2D eigenvalue weighted by Gasteiger charge is -2.09. The van der Waals surface area contributed by atoms with Gasteiger partial charge in [-0.15, -0.1) is 11.3 Å². The molecule has 1 atom stereocenters. The number of hydrogen-bond donors (Lipinski definition) is 1. The molecule has 0 amide bonds. The van der Waals surface area contributed by atoms with Crippen molar-refractivity contribution in [1.82, 2.24) is 5.32 Å². The number of hydrogen-bond acceptors (Lipinski definition) is 4. The highest BCUT2D eigenvalue weighted by Gasteiger charge is 2.26. The molecule has 2 heterocycles.